The van der Waals surface area contributed by atoms with Crippen LogP contribution in [0.5, 0.6) is 0 Å². The molecular weight excluding hydrogens is 467 g/mol. The summed E-state index contributed by atoms with van der Waals surface area (Å²) in [6.07, 6.45) is -2.26. The summed E-state index contributed by atoms with van der Waals surface area (Å²) >= 11 is 1.34. The normalized spacial score (nSPS) is 11.7. The summed E-state index contributed by atoms with van der Waals surface area (Å²) in [5, 5.41) is 17.0. The lowest BCUT2D eigenvalue weighted by Crippen LogP contribution is -2.27. The Labute approximate surface area is 194 Å². The molecule has 0 atom stereocenters. The summed E-state index contributed by atoms with van der Waals surface area (Å²) in [5.41, 5.74) is 0.0368. The second kappa shape index (κ2) is 8.71. The van der Waals surface area contributed by atoms with E-state index in [2.05, 4.69) is 25.6 Å². The van der Waals surface area contributed by atoms with E-state index >= 15 is 0 Å². The monoisotopic (exact) mass is 483 g/mol. The zero-order valence-corrected chi connectivity index (χ0v) is 18.2. The molecule has 12 heteroatoms. The van der Waals surface area contributed by atoms with Crippen molar-refractivity contribution in [3.05, 3.63) is 83.4 Å². The van der Waals surface area contributed by atoms with Gasteiger partial charge in [0.2, 0.25) is 5.82 Å². The molecule has 1 aromatic carbocycles. The molecule has 0 aliphatic carbocycles. The number of thiophene rings is 1. The van der Waals surface area contributed by atoms with E-state index in [4.69, 9.17) is 0 Å². The topological polar surface area (TPSA) is 90.0 Å². The Morgan fingerprint density at radius 2 is 1.94 bits per heavy atom. The molecule has 0 aliphatic rings. The van der Waals surface area contributed by atoms with E-state index < -0.39 is 17.6 Å². The Bertz CT molecular complexity index is 1460. The first-order valence-corrected chi connectivity index (χ1v) is 11.0. The van der Waals surface area contributed by atoms with Crippen LogP contribution in [0, 0.1) is 0 Å². The molecule has 0 aliphatic heterocycles. The van der Waals surface area contributed by atoms with Gasteiger partial charge in [0, 0.05) is 19.2 Å². The van der Waals surface area contributed by atoms with Crippen molar-refractivity contribution in [2.24, 2.45) is 0 Å². The summed E-state index contributed by atoms with van der Waals surface area (Å²) in [4.78, 5) is 17.7. The van der Waals surface area contributed by atoms with Gasteiger partial charge in [-0.15, -0.1) is 26.6 Å². The number of hydrogen-bond donors (Lipinski definition) is 1. The van der Waals surface area contributed by atoms with Crippen LogP contribution in [0.1, 0.15) is 22.0 Å². The maximum atomic E-state index is 13.2. The molecular formula is C22H16F3N7OS. The van der Waals surface area contributed by atoms with Crippen LogP contribution in [-0.4, -0.2) is 41.8 Å². The number of nitrogens with one attached hydrogen (secondary N) is 1. The lowest BCUT2D eigenvalue weighted by atomic mass is 10.2. The third-order valence-electron chi connectivity index (χ3n) is 4.99. The number of carbonyl (C=O) groups is 1. The first-order valence-electron chi connectivity index (χ1n) is 10.2. The van der Waals surface area contributed by atoms with E-state index in [-0.39, 0.29) is 23.9 Å². The Morgan fingerprint density at radius 3 is 2.74 bits per heavy atom. The maximum absolute atomic E-state index is 13.2. The molecule has 4 heterocycles. The fourth-order valence-electron chi connectivity index (χ4n) is 3.40. The van der Waals surface area contributed by atoms with Crippen molar-refractivity contribution in [2.75, 3.05) is 6.54 Å². The van der Waals surface area contributed by atoms with Crippen molar-refractivity contribution < 1.29 is 18.0 Å². The molecule has 172 valence electrons. The number of hydrogen-bond acceptors (Lipinski definition) is 6. The fraction of sp³-hybridized carbons (Fsp3) is 0.136. The molecule has 0 saturated heterocycles. The van der Waals surface area contributed by atoms with Gasteiger partial charge in [0.05, 0.1) is 16.1 Å². The van der Waals surface area contributed by atoms with Gasteiger partial charge in [-0.3, -0.25) is 9.20 Å². The highest BCUT2D eigenvalue weighted by Crippen LogP contribution is 2.32. The second-order valence-electron chi connectivity index (χ2n) is 7.25. The summed E-state index contributed by atoms with van der Waals surface area (Å²) in [5.74, 6) is 0.268. The number of halogens is 3. The van der Waals surface area contributed by atoms with Crippen LogP contribution < -0.4 is 5.32 Å². The second-order valence-corrected chi connectivity index (χ2v) is 8.19. The van der Waals surface area contributed by atoms with E-state index in [0.29, 0.717) is 22.8 Å². The molecule has 1 N–H and O–H groups in total. The highest BCUT2D eigenvalue weighted by Gasteiger charge is 2.31. The van der Waals surface area contributed by atoms with E-state index in [1.165, 1.54) is 28.2 Å². The summed E-state index contributed by atoms with van der Waals surface area (Å²) < 4.78 is 42.8. The van der Waals surface area contributed by atoms with Crippen LogP contribution in [0.25, 0.3) is 22.0 Å². The van der Waals surface area contributed by atoms with Crippen molar-refractivity contribution in [3.8, 4) is 16.4 Å². The molecule has 5 aromatic rings. The van der Waals surface area contributed by atoms with Gasteiger partial charge in [-0.1, -0.05) is 18.2 Å². The Hall–Kier alpha value is -4.06. The number of fused-ring (bicyclic) bond motifs is 1. The minimum atomic E-state index is -4.51. The van der Waals surface area contributed by atoms with Gasteiger partial charge >= 0.3 is 6.18 Å². The molecule has 34 heavy (non-hydrogen) atoms. The van der Waals surface area contributed by atoms with Crippen molar-refractivity contribution >= 4 is 22.9 Å². The van der Waals surface area contributed by atoms with Crippen LogP contribution in [0.4, 0.5) is 13.2 Å². The Kier molecular flexibility index (Phi) is 5.57. The minimum Gasteiger partial charge on any atom is -0.349 e. The van der Waals surface area contributed by atoms with E-state index in [9.17, 15) is 18.0 Å². The number of rotatable bonds is 6. The maximum Gasteiger partial charge on any atom is 0.416 e. The third-order valence-corrected chi connectivity index (χ3v) is 5.85. The highest BCUT2D eigenvalue weighted by atomic mass is 32.1. The molecule has 0 spiro atoms. The molecule has 8 nitrogen and oxygen atoms in total. The average molecular weight is 483 g/mol. The average Bonchev–Trinajstić information content (AvgIpc) is 3.58. The number of aromatic nitrogens is 6. The van der Waals surface area contributed by atoms with Crippen molar-refractivity contribution in [1.29, 1.82) is 0 Å². The van der Waals surface area contributed by atoms with Crippen molar-refractivity contribution in [2.45, 2.75) is 12.6 Å². The number of amides is 1. The van der Waals surface area contributed by atoms with E-state index in [1.54, 1.807) is 12.1 Å². The third kappa shape index (κ3) is 4.27. The highest BCUT2D eigenvalue weighted by molar-refractivity contribution is 7.13. The Balaban J connectivity index is 1.39. The van der Waals surface area contributed by atoms with Crippen LogP contribution in [0.15, 0.2) is 66.2 Å². The predicted octanol–water partition coefficient (Wildman–Crippen LogP) is 4.03. The molecule has 0 bridgehead atoms. The van der Waals surface area contributed by atoms with Crippen LogP contribution in [-0.2, 0) is 12.6 Å². The molecule has 0 saturated carbocycles. The molecule has 0 fully saturated rings. The van der Waals surface area contributed by atoms with E-state index in [1.807, 2.05) is 34.2 Å². The van der Waals surface area contributed by atoms with Crippen molar-refractivity contribution in [3.63, 3.8) is 0 Å². The molecule has 4 aromatic heterocycles. The molecule has 0 radical (unpaired) electrons. The van der Waals surface area contributed by atoms with Crippen LogP contribution in [0.3, 0.4) is 0 Å². The number of alkyl halides is 3. The lowest BCUT2D eigenvalue weighted by molar-refractivity contribution is -0.137. The van der Waals surface area contributed by atoms with Crippen molar-refractivity contribution in [1.82, 2.24) is 34.7 Å². The first kappa shape index (κ1) is 21.8. The standard InChI is InChI=1S/C22H16F3N7OS/c23-22(24,25)14-5-3-6-15(13-14)32-20(16-7-4-12-34-16)27-19(30-32)21(33)26-10-9-18-29-28-17-8-1-2-11-31(17)18/h1-8,11-13H,9-10H2,(H,26,33). The van der Waals surface area contributed by atoms with Gasteiger partial charge in [-0.25, -0.2) is 9.67 Å². The SMILES string of the molecule is O=C(NCCc1nnc2ccccn12)c1nc(-c2cccs2)n(-c2cccc(C(F)(F)F)c2)n1. The smallest absolute Gasteiger partial charge is 0.349 e. The first-order chi connectivity index (χ1) is 16.4. The number of pyridine rings is 1. The number of carbonyl (C=O) groups excluding carboxylic acids is 1. The summed E-state index contributed by atoms with van der Waals surface area (Å²) in [7, 11) is 0. The molecule has 1 amide bonds. The van der Waals surface area contributed by atoms with Gasteiger partial charge in [0.1, 0.15) is 5.82 Å². The predicted molar refractivity (Wildman–Crippen MR) is 119 cm³/mol. The van der Waals surface area contributed by atoms with Gasteiger partial charge < -0.3 is 5.32 Å². The number of nitrogens with zero attached hydrogens (tertiary/aromatic N) is 6. The van der Waals surface area contributed by atoms with Gasteiger partial charge in [-0.2, -0.15) is 13.2 Å². The summed E-state index contributed by atoms with van der Waals surface area (Å²) in [6.45, 7) is 0.251. The van der Waals surface area contributed by atoms with Crippen LogP contribution in [0.2, 0.25) is 0 Å². The molecule has 5 rings (SSSR count). The van der Waals surface area contributed by atoms with E-state index in [0.717, 1.165) is 12.1 Å². The quantitative estimate of drug-likeness (QED) is 0.394. The number of benzene rings is 1. The van der Waals surface area contributed by atoms with Gasteiger partial charge in [0.15, 0.2) is 11.5 Å². The zero-order chi connectivity index (χ0) is 23.7. The summed E-state index contributed by atoms with van der Waals surface area (Å²) in [6, 6.07) is 13.8. The lowest BCUT2D eigenvalue weighted by Gasteiger charge is -2.09. The van der Waals surface area contributed by atoms with Gasteiger partial charge in [0.25, 0.3) is 5.91 Å². The fourth-order valence-corrected chi connectivity index (χ4v) is 4.09. The molecule has 0 unspecified atom stereocenters. The van der Waals surface area contributed by atoms with Gasteiger partial charge in [-0.05, 0) is 41.8 Å². The minimum absolute atomic E-state index is 0.146. The largest absolute Gasteiger partial charge is 0.416 e. The zero-order valence-electron chi connectivity index (χ0n) is 17.4. The van der Waals surface area contributed by atoms with Crippen LogP contribution >= 0.6 is 11.3 Å². The Morgan fingerprint density at radius 1 is 1.06 bits per heavy atom.